The van der Waals surface area contributed by atoms with Crippen molar-refractivity contribution in [1.82, 2.24) is 14.5 Å². The summed E-state index contributed by atoms with van der Waals surface area (Å²) in [6.07, 6.45) is 6.63. The van der Waals surface area contributed by atoms with Crippen molar-refractivity contribution in [2.75, 3.05) is 24.6 Å². The first-order chi connectivity index (χ1) is 12.0. The SMILES string of the molecule is Cn1ccnc(N2CCC(COc3ccnc(C(N)=O)c3)CC2)c1=O. The number of carbonyl (C=O) groups excluding carboxylic acids is 1. The highest BCUT2D eigenvalue weighted by Gasteiger charge is 2.22. The number of hydrogen-bond donors (Lipinski definition) is 1. The summed E-state index contributed by atoms with van der Waals surface area (Å²) in [6.45, 7) is 2.09. The van der Waals surface area contributed by atoms with Crippen LogP contribution in [0, 0.1) is 5.92 Å². The number of nitrogens with two attached hydrogens (primary N) is 1. The zero-order valence-electron chi connectivity index (χ0n) is 14.1. The number of primary amides is 1. The summed E-state index contributed by atoms with van der Waals surface area (Å²) >= 11 is 0. The van der Waals surface area contributed by atoms with Crippen molar-refractivity contribution in [3.8, 4) is 5.75 Å². The molecule has 132 valence electrons. The molecular formula is C17H21N5O3. The lowest BCUT2D eigenvalue weighted by molar-refractivity contribution is 0.0995. The van der Waals surface area contributed by atoms with Crippen LogP contribution < -0.4 is 20.9 Å². The number of piperidine rings is 1. The molecule has 0 saturated carbocycles. The third kappa shape index (κ3) is 3.96. The molecule has 0 atom stereocenters. The molecule has 8 nitrogen and oxygen atoms in total. The van der Waals surface area contributed by atoms with Gasteiger partial charge in [0.05, 0.1) is 6.61 Å². The molecule has 1 aliphatic heterocycles. The number of amides is 1. The summed E-state index contributed by atoms with van der Waals surface area (Å²) in [4.78, 5) is 33.4. The number of carbonyl (C=O) groups is 1. The second kappa shape index (κ2) is 7.33. The number of aryl methyl sites for hydroxylation is 1. The van der Waals surface area contributed by atoms with Crippen LogP contribution >= 0.6 is 0 Å². The zero-order chi connectivity index (χ0) is 17.8. The fourth-order valence-corrected chi connectivity index (χ4v) is 2.86. The Morgan fingerprint density at radius 1 is 1.32 bits per heavy atom. The molecule has 8 heteroatoms. The third-order valence-corrected chi connectivity index (χ3v) is 4.38. The van der Waals surface area contributed by atoms with E-state index in [-0.39, 0.29) is 11.3 Å². The number of ether oxygens (including phenoxy) is 1. The minimum absolute atomic E-state index is 0.0760. The van der Waals surface area contributed by atoms with Crippen LogP contribution in [0.4, 0.5) is 5.82 Å². The Labute approximate surface area is 145 Å². The summed E-state index contributed by atoms with van der Waals surface area (Å²) in [5.74, 6) is 0.902. The van der Waals surface area contributed by atoms with Crippen molar-refractivity contribution in [1.29, 1.82) is 0 Å². The molecule has 2 aromatic rings. The molecule has 25 heavy (non-hydrogen) atoms. The molecule has 2 N–H and O–H groups in total. The molecule has 0 unspecified atom stereocenters. The van der Waals surface area contributed by atoms with Gasteiger partial charge in [0.2, 0.25) is 0 Å². The number of pyridine rings is 1. The zero-order valence-corrected chi connectivity index (χ0v) is 14.1. The number of anilines is 1. The van der Waals surface area contributed by atoms with E-state index < -0.39 is 5.91 Å². The van der Waals surface area contributed by atoms with Crippen molar-refractivity contribution in [3.63, 3.8) is 0 Å². The van der Waals surface area contributed by atoms with Crippen molar-refractivity contribution in [3.05, 3.63) is 46.8 Å². The number of nitrogens with zero attached hydrogens (tertiary/aromatic N) is 4. The summed E-state index contributed by atoms with van der Waals surface area (Å²) in [6, 6.07) is 3.26. The fraction of sp³-hybridized carbons (Fsp3) is 0.412. The molecular weight excluding hydrogens is 322 g/mol. The Hall–Kier alpha value is -2.90. The Morgan fingerprint density at radius 3 is 2.80 bits per heavy atom. The summed E-state index contributed by atoms with van der Waals surface area (Å²) in [7, 11) is 1.73. The van der Waals surface area contributed by atoms with Gasteiger partial charge in [-0.2, -0.15) is 0 Å². The monoisotopic (exact) mass is 343 g/mol. The van der Waals surface area contributed by atoms with Gasteiger partial charge in [0.1, 0.15) is 11.4 Å². The van der Waals surface area contributed by atoms with Crippen molar-refractivity contribution < 1.29 is 9.53 Å². The van der Waals surface area contributed by atoms with E-state index in [1.165, 1.54) is 10.8 Å². The summed E-state index contributed by atoms with van der Waals surface area (Å²) in [5.41, 5.74) is 5.34. The Balaban J connectivity index is 1.54. The molecule has 3 heterocycles. The van der Waals surface area contributed by atoms with Crippen LogP contribution in [-0.2, 0) is 7.05 Å². The Morgan fingerprint density at radius 2 is 2.08 bits per heavy atom. The van der Waals surface area contributed by atoms with E-state index in [1.807, 2.05) is 4.90 Å². The second-order valence-electron chi connectivity index (χ2n) is 6.15. The number of hydrogen-bond acceptors (Lipinski definition) is 6. The lowest BCUT2D eigenvalue weighted by atomic mass is 9.98. The minimum Gasteiger partial charge on any atom is -0.493 e. The topological polar surface area (TPSA) is 103 Å². The van der Waals surface area contributed by atoms with Gasteiger partial charge in [-0.15, -0.1) is 0 Å². The maximum atomic E-state index is 12.1. The molecule has 1 aliphatic rings. The molecule has 0 spiro atoms. The van der Waals surface area contributed by atoms with Crippen molar-refractivity contribution >= 4 is 11.7 Å². The average Bonchev–Trinajstić information content (AvgIpc) is 2.63. The first kappa shape index (κ1) is 16.9. The molecule has 0 aliphatic carbocycles. The molecule has 3 rings (SSSR count). The smallest absolute Gasteiger partial charge is 0.293 e. The minimum atomic E-state index is -0.573. The van der Waals surface area contributed by atoms with Crippen molar-refractivity contribution in [2.24, 2.45) is 18.7 Å². The van der Waals surface area contributed by atoms with Crippen LogP contribution in [0.25, 0.3) is 0 Å². The predicted octanol–water partition coefficient (Wildman–Crippen LogP) is 0.570. The van der Waals surface area contributed by atoms with E-state index in [9.17, 15) is 9.59 Å². The van der Waals surface area contributed by atoms with Crippen LogP contribution in [0.3, 0.4) is 0 Å². The predicted molar refractivity (Wildman–Crippen MR) is 92.7 cm³/mol. The number of rotatable bonds is 5. The summed E-state index contributed by atoms with van der Waals surface area (Å²) < 4.78 is 7.31. The molecule has 0 aromatic carbocycles. The van der Waals surface area contributed by atoms with E-state index in [0.717, 1.165) is 25.9 Å². The maximum absolute atomic E-state index is 12.1. The lowest BCUT2D eigenvalue weighted by Crippen LogP contribution is -2.39. The van der Waals surface area contributed by atoms with E-state index in [2.05, 4.69) is 9.97 Å². The molecule has 1 fully saturated rings. The number of aromatic nitrogens is 3. The summed E-state index contributed by atoms with van der Waals surface area (Å²) in [5, 5.41) is 0. The van der Waals surface area contributed by atoms with E-state index in [4.69, 9.17) is 10.5 Å². The first-order valence-electron chi connectivity index (χ1n) is 8.20. The van der Waals surface area contributed by atoms with E-state index >= 15 is 0 Å². The van der Waals surface area contributed by atoms with Gasteiger partial charge in [0.25, 0.3) is 11.5 Å². The van der Waals surface area contributed by atoms with Gasteiger partial charge >= 0.3 is 0 Å². The maximum Gasteiger partial charge on any atom is 0.293 e. The van der Waals surface area contributed by atoms with Crippen molar-refractivity contribution in [2.45, 2.75) is 12.8 Å². The third-order valence-electron chi connectivity index (χ3n) is 4.38. The standard InChI is InChI=1S/C17H21N5O3/c1-21-9-6-20-16(17(21)24)22-7-3-12(4-8-22)11-25-13-2-5-19-14(10-13)15(18)23/h2,5-6,9-10,12H,3-4,7-8,11H2,1H3,(H2,18,23). The van der Waals surface area contributed by atoms with Crippen LogP contribution in [-0.4, -0.2) is 40.1 Å². The highest BCUT2D eigenvalue weighted by Crippen LogP contribution is 2.21. The lowest BCUT2D eigenvalue weighted by Gasteiger charge is -2.32. The van der Waals surface area contributed by atoms with Gasteiger partial charge in [-0.25, -0.2) is 4.98 Å². The van der Waals surface area contributed by atoms with E-state index in [1.54, 1.807) is 31.6 Å². The first-order valence-corrected chi connectivity index (χ1v) is 8.20. The van der Waals surface area contributed by atoms with Gasteiger partial charge in [-0.05, 0) is 24.8 Å². The largest absolute Gasteiger partial charge is 0.493 e. The highest BCUT2D eigenvalue weighted by molar-refractivity contribution is 5.91. The molecule has 0 bridgehead atoms. The molecule has 2 aromatic heterocycles. The van der Waals surface area contributed by atoms with Gasteiger partial charge < -0.3 is 19.9 Å². The fourth-order valence-electron chi connectivity index (χ4n) is 2.86. The highest BCUT2D eigenvalue weighted by atomic mass is 16.5. The quantitative estimate of drug-likeness (QED) is 0.851. The van der Waals surface area contributed by atoms with Crippen LogP contribution in [0.5, 0.6) is 5.75 Å². The Bertz CT molecular complexity index is 812. The molecule has 1 amide bonds. The normalized spacial score (nSPS) is 15.2. The average molecular weight is 343 g/mol. The van der Waals surface area contributed by atoms with E-state index in [0.29, 0.717) is 24.1 Å². The van der Waals surface area contributed by atoms with Crippen LogP contribution in [0.1, 0.15) is 23.3 Å². The van der Waals surface area contributed by atoms with Gasteiger partial charge in [-0.3, -0.25) is 14.6 Å². The molecule has 1 saturated heterocycles. The van der Waals surface area contributed by atoms with Crippen LogP contribution in [0.2, 0.25) is 0 Å². The van der Waals surface area contributed by atoms with Gasteiger partial charge in [0.15, 0.2) is 5.82 Å². The molecule has 0 radical (unpaired) electrons. The van der Waals surface area contributed by atoms with Gasteiger partial charge in [0, 0.05) is 44.8 Å². The van der Waals surface area contributed by atoms with Crippen LogP contribution in [0.15, 0.2) is 35.5 Å². The Kier molecular flexibility index (Phi) is 4.97. The van der Waals surface area contributed by atoms with Gasteiger partial charge in [-0.1, -0.05) is 0 Å². The second-order valence-corrected chi connectivity index (χ2v) is 6.15.